The van der Waals surface area contributed by atoms with Crippen molar-refractivity contribution >= 4 is 11.9 Å². The van der Waals surface area contributed by atoms with Crippen LogP contribution in [-0.4, -0.2) is 47.7 Å². The molecule has 0 fully saturated rings. The number of rotatable bonds is 4. The second kappa shape index (κ2) is 6.02. The molecule has 3 N–H and O–H groups in total. The number of aliphatic carboxylic acids is 1. The van der Waals surface area contributed by atoms with Crippen LogP contribution in [0.4, 0.5) is 0 Å². The molecule has 0 bridgehead atoms. The lowest BCUT2D eigenvalue weighted by atomic mass is 9.93. The smallest absolute Gasteiger partial charge is 0.326 e. The summed E-state index contributed by atoms with van der Waals surface area (Å²) in [6.45, 7) is 0.297. The van der Waals surface area contributed by atoms with Crippen LogP contribution < -0.4 is 5.73 Å². The zero-order chi connectivity index (χ0) is 14.7. The average Bonchev–Trinajstić information content (AvgIpc) is 2.46. The second-order valence-corrected chi connectivity index (χ2v) is 4.75. The number of fused-ring (bicyclic) bond motifs is 1. The Bertz CT molecular complexity index is 514. The second-order valence-electron chi connectivity index (χ2n) is 4.75. The summed E-state index contributed by atoms with van der Waals surface area (Å²) < 4.78 is 5.02. The molecule has 0 aromatic heterocycles. The van der Waals surface area contributed by atoms with Crippen molar-refractivity contribution in [2.75, 3.05) is 13.7 Å². The van der Waals surface area contributed by atoms with Crippen LogP contribution in [0.3, 0.4) is 0 Å². The van der Waals surface area contributed by atoms with E-state index in [-0.39, 0.29) is 19.0 Å². The van der Waals surface area contributed by atoms with E-state index < -0.39 is 18.1 Å². The standard InChI is InChI=1S/C14H18N2O4/c1-20-12(7-15)13(17)16-8-10-5-3-2-4-9(10)6-11(16)14(18)19/h2-5,11-12H,6-8,15H2,1H3,(H,18,19)/t11-,12?/m1/s1. The first-order valence-electron chi connectivity index (χ1n) is 6.41. The lowest BCUT2D eigenvalue weighted by Gasteiger charge is -2.36. The van der Waals surface area contributed by atoms with Gasteiger partial charge >= 0.3 is 5.97 Å². The summed E-state index contributed by atoms with van der Waals surface area (Å²) in [7, 11) is 1.39. The van der Waals surface area contributed by atoms with Crippen molar-refractivity contribution in [1.82, 2.24) is 4.90 Å². The minimum Gasteiger partial charge on any atom is -0.480 e. The Kier molecular flexibility index (Phi) is 4.36. The molecule has 1 heterocycles. The lowest BCUT2D eigenvalue weighted by Crippen LogP contribution is -2.53. The summed E-state index contributed by atoms with van der Waals surface area (Å²) in [4.78, 5) is 25.1. The van der Waals surface area contributed by atoms with Gasteiger partial charge in [-0.15, -0.1) is 0 Å². The molecule has 1 aliphatic heterocycles. The fourth-order valence-corrected chi connectivity index (χ4v) is 2.46. The summed E-state index contributed by atoms with van der Waals surface area (Å²) >= 11 is 0. The van der Waals surface area contributed by atoms with Crippen molar-refractivity contribution in [3.63, 3.8) is 0 Å². The van der Waals surface area contributed by atoms with Crippen LogP contribution in [0.2, 0.25) is 0 Å². The van der Waals surface area contributed by atoms with Gasteiger partial charge in [0.05, 0.1) is 0 Å². The average molecular weight is 278 g/mol. The van der Waals surface area contributed by atoms with Gasteiger partial charge in [0.25, 0.3) is 5.91 Å². The van der Waals surface area contributed by atoms with E-state index in [9.17, 15) is 14.7 Å². The highest BCUT2D eigenvalue weighted by atomic mass is 16.5. The Morgan fingerprint density at radius 3 is 2.65 bits per heavy atom. The van der Waals surface area contributed by atoms with Gasteiger partial charge in [0.1, 0.15) is 12.1 Å². The predicted octanol–water partition coefficient (Wildman–Crippen LogP) is -0.00180. The van der Waals surface area contributed by atoms with Crippen molar-refractivity contribution < 1.29 is 19.4 Å². The molecule has 0 spiro atoms. The van der Waals surface area contributed by atoms with Crippen molar-refractivity contribution in [2.24, 2.45) is 5.73 Å². The first-order chi connectivity index (χ1) is 9.58. The Hall–Kier alpha value is -1.92. The fourth-order valence-electron chi connectivity index (χ4n) is 2.46. The monoisotopic (exact) mass is 278 g/mol. The molecular weight excluding hydrogens is 260 g/mol. The van der Waals surface area contributed by atoms with Crippen LogP contribution in [-0.2, 0) is 27.3 Å². The fraction of sp³-hybridized carbons (Fsp3) is 0.429. The molecule has 6 heteroatoms. The summed E-state index contributed by atoms with van der Waals surface area (Å²) in [5, 5.41) is 9.34. The Labute approximate surface area is 117 Å². The number of hydrogen-bond donors (Lipinski definition) is 2. The molecule has 1 amide bonds. The predicted molar refractivity (Wildman–Crippen MR) is 72.0 cm³/mol. The van der Waals surface area contributed by atoms with Crippen molar-refractivity contribution in [2.45, 2.75) is 25.1 Å². The molecule has 20 heavy (non-hydrogen) atoms. The van der Waals surface area contributed by atoms with Gasteiger partial charge in [0.15, 0.2) is 0 Å². The van der Waals surface area contributed by atoms with E-state index in [1.165, 1.54) is 12.0 Å². The van der Waals surface area contributed by atoms with Gasteiger partial charge in [-0.25, -0.2) is 4.79 Å². The van der Waals surface area contributed by atoms with Crippen LogP contribution in [0, 0.1) is 0 Å². The number of ether oxygens (including phenoxy) is 1. The van der Waals surface area contributed by atoms with Gasteiger partial charge in [-0.1, -0.05) is 24.3 Å². The maximum Gasteiger partial charge on any atom is 0.326 e. The molecule has 1 aromatic rings. The maximum atomic E-state index is 12.3. The van der Waals surface area contributed by atoms with Gasteiger partial charge in [-0.05, 0) is 11.1 Å². The zero-order valence-corrected chi connectivity index (χ0v) is 11.3. The molecule has 108 valence electrons. The largest absolute Gasteiger partial charge is 0.480 e. The SMILES string of the molecule is COC(CN)C(=O)N1Cc2ccccc2C[C@@H]1C(=O)O. The van der Waals surface area contributed by atoms with Crippen molar-refractivity contribution in [1.29, 1.82) is 0 Å². The molecule has 0 aliphatic carbocycles. The lowest BCUT2D eigenvalue weighted by molar-refractivity contribution is -0.156. The first-order valence-corrected chi connectivity index (χ1v) is 6.41. The molecule has 0 radical (unpaired) electrons. The zero-order valence-electron chi connectivity index (χ0n) is 11.3. The number of carbonyl (C=O) groups excluding carboxylic acids is 1. The van der Waals surface area contributed by atoms with Gasteiger partial charge in [-0.3, -0.25) is 4.79 Å². The van der Waals surface area contributed by atoms with Crippen LogP contribution >= 0.6 is 0 Å². The molecule has 2 rings (SSSR count). The van der Waals surface area contributed by atoms with Crippen molar-refractivity contribution in [3.05, 3.63) is 35.4 Å². The highest BCUT2D eigenvalue weighted by molar-refractivity contribution is 5.87. The Morgan fingerprint density at radius 1 is 1.45 bits per heavy atom. The summed E-state index contributed by atoms with van der Waals surface area (Å²) in [5.74, 6) is -1.39. The Morgan fingerprint density at radius 2 is 2.10 bits per heavy atom. The van der Waals surface area contributed by atoms with E-state index >= 15 is 0 Å². The number of hydrogen-bond acceptors (Lipinski definition) is 4. The van der Waals surface area contributed by atoms with Gasteiger partial charge in [-0.2, -0.15) is 0 Å². The van der Waals surface area contributed by atoms with E-state index in [1.54, 1.807) is 0 Å². The van der Waals surface area contributed by atoms with Crippen LogP contribution in [0.1, 0.15) is 11.1 Å². The Balaban J connectivity index is 2.31. The minimum absolute atomic E-state index is 0.0276. The number of nitrogens with two attached hydrogens (primary N) is 1. The number of carboxylic acids is 1. The number of nitrogens with zero attached hydrogens (tertiary/aromatic N) is 1. The molecule has 2 atom stereocenters. The van der Waals surface area contributed by atoms with Crippen molar-refractivity contribution in [3.8, 4) is 0 Å². The van der Waals surface area contributed by atoms with Crippen LogP contribution in [0.5, 0.6) is 0 Å². The number of carbonyl (C=O) groups is 2. The third-order valence-electron chi connectivity index (χ3n) is 3.59. The topological polar surface area (TPSA) is 92.9 Å². The number of amides is 1. The van der Waals surface area contributed by atoms with Crippen LogP contribution in [0.25, 0.3) is 0 Å². The maximum absolute atomic E-state index is 12.3. The molecule has 0 saturated heterocycles. The number of methoxy groups -OCH3 is 1. The highest BCUT2D eigenvalue weighted by Crippen LogP contribution is 2.24. The molecular formula is C14H18N2O4. The van der Waals surface area contributed by atoms with E-state index in [4.69, 9.17) is 10.5 Å². The molecule has 0 saturated carbocycles. The van der Waals surface area contributed by atoms with E-state index in [0.717, 1.165) is 11.1 Å². The summed E-state index contributed by atoms with van der Waals surface area (Å²) in [5.41, 5.74) is 7.41. The van der Waals surface area contributed by atoms with Gasteiger partial charge in [0, 0.05) is 26.6 Å². The quantitative estimate of drug-likeness (QED) is 0.808. The van der Waals surface area contributed by atoms with E-state index in [2.05, 4.69) is 0 Å². The van der Waals surface area contributed by atoms with Gasteiger partial charge < -0.3 is 20.5 Å². The summed E-state index contributed by atoms with van der Waals surface area (Å²) in [6, 6.07) is 6.66. The third-order valence-corrected chi connectivity index (χ3v) is 3.59. The van der Waals surface area contributed by atoms with Crippen LogP contribution in [0.15, 0.2) is 24.3 Å². The molecule has 1 aromatic carbocycles. The van der Waals surface area contributed by atoms with E-state index in [1.807, 2.05) is 24.3 Å². The molecule has 1 unspecified atom stereocenters. The van der Waals surface area contributed by atoms with Gasteiger partial charge in [0.2, 0.25) is 0 Å². The summed E-state index contributed by atoms with van der Waals surface area (Å²) in [6.07, 6.45) is -0.500. The number of benzene rings is 1. The first kappa shape index (κ1) is 14.5. The minimum atomic E-state index is -1.01. The molecule has 1 aliphatic rings. The normalized spacial score (nSPS) is 19.3. The number of carboxylic acid groups (broad SMARTS) is 1. The molecule has 6 nitrogen and oxygen atoms in total. The third kappa shape index (κ3) is 2.66. The highest BCUT2D eigenvalue weighted by Gasteiger charge is 2.36. The van der Waals surface area contributed by atoms with E-state index in [0.29, 0.717) is 6.42 Å².